The maximum atomic E-state index is 9.08. The number of hydrogen-bond donors (Lipinski definition) is 3. The molecule has 0 saturated heterocycles. The second-order valence-corrected chi connectivity index (χ2v) is 5.22. The van der Waals surface area contributed by atoms with E-state index in [1.165, 1.54) is 0 Å². The van der Waals surface area contributed by atoms with E-state index in [0.29, 0.717) is 0 Å². The lowest BCUT2D eigenvalue weighted by atomic mass is 10.1. The third kappa shape index (κ3) is 2.16. The van der Waals surface area contributed by atoms with Gasteiger partial charge in [-0.1, -0.05) is 12.1 Å². The van der Waals surface area contributed by atoms with Gasteiger partial charge in [0.05, 0.1) is 0 Å². The SMILES string of the molecule is Cc1cc([Si](O)(O)O)cc(C)c1C. The normalized spacial score (nSPS) is 11.8. The van der Waals surface area contributed by atoms with Crippen molar-refractivity contribution in [3.8, 4) is 0 Å². The van der Waals surface area contributed by atoms with E-state index in [1.807, 2.05) is 20.8 Å². The van der Waals surface area contributed by atoms with Gasteiger partial charge in [-0.25, -0.2) is 0 Å². The van der Waals surface area contributed by atoms with Crippen molar-refractivity contribution >= 4 is 14.0 Å². The van der Waals surface area contributed by atoms with Crippen LogP contribution >= 0.6 is 0 Å². The van der Waals surface area contributed by atoms with E-state index in [1.54, 1.807) is 12.1 Å². The molecular weight excluding hydrogens is 184 g/mol. The van der Waals surface area contributed by atoms with Crippen LogP contribution in [-0.2, 0) is 0 Å². The molecule has 1 aromatic rings. The third-order valence-electron chi connectivity index (χ3n) is 2.31. The maximum Gasteiger partial charge on any atom is 0.529 e. The van der Waals surface area contributed by atoms with Crippen molar-refractivity contribution in [1.29, 1.82) is 0 Å². The summed E-state index contributed by atoms with van der Waals surface area (Å²) >= 11 is 0. The van der Waals surface area contributed by atoms with Crippen molar-refractivity contribution in [3.05, 3.63) is 28.8 Å². The van der Waals surface area contributed by atoms with Crippen LogP contribution in [0.15, 0.2) is 12.1 Å². The van der Waals surface area contributed by atoms with Crippen LogP contribution in [0.3, 0.4) is 0 Å². The molecule has 0 atom stereocenters. The van der Waals surface area contributed by atoms with Crippen LogP contribution in [0.1, 0.15) is 16.7 Å². The summed E-state index contributed by atoms with van der Waals surface area (Å²) in [5, 5.41) is 0.244. The predicted octanol–water partition coefficient (Wildman–Crippen LogP) is -0.265. The number of rotatable bonds is 1. The van der Waals surface area contributed by atoms with Crippen LogP contribution in [0, 0.1) is 20.8 Å². The molecule has 0 bridgehead atoms. The molecule has 13 heavy (non-hydrogen) atoms. The first-order valence-electron chi connectivity index (χ1n) is 4.08. The second-order valence-electron chi connectivity index (χ2n) is 3.37. The molecule has 0 amide bonds. The summed E-state index contributed by atoms with van der Waals surface area (Å²) in [6.45, 7) is 5.72. The molecular formula is C9H14O3Si. The molecule has 72 valence electrons. The largest absolute Gasteiger partial charge is 0.529 e. The summed E-state index contributed by atoms with van der Waals surface area (Å²) in [6.07, 6.45) is 0. The highest BCUT2D eigenvalue weighted by atomic mass is 28.4. The van der Waals surface area contributed by atoms with E-state index >= 15 is 0 Å². The maximum absolute atomic E-state index is 9.08. The van der Waals surface area contributed by atoms with Crippen LogP contribution in [0.2, 0.25) is 0 Å². The standard InChI is InChI=1S/C9H14O3Si/c1-6-4-9(13(10,11)12)5-7(2)8(6)3/h4-5,10-12H,1-3H3. The molecule has 0 aliphatic heterocycles. The van der Waals surface area contributed by atoms with E-state index in [9.17, 15) is 0 Å². The van der Waals surface area contributed by atoms with Crippen molar-refractivity contribution in [2.24, 2.45) is 0 Å². The molecule has 3 nitrogen and oxygen atoms in total. The lowest BCUT2D eigenvalue weighted by molar-refractivity contribution is 0.249. The van der Waals surface area contributed by atoms with Crippen molar-refractivity contribution in [2.45, 2.75) is 20.8 Å². The van der Waals surface area contributed by atoms with Crippen LogP contribution in [0.4, 0.5) is 0 Å². The third-order valence-corrected chi connectivity index (χ3v) is 3.38. The lowest BCUT2D eigenvalue weighted by Crippen LogP contribution is -2.49. The second kappa shape index (κ2) is 3.23. The highest BCUT2D eigenvalue weighted by Crippen LogP contribution is 2.10. The Bertz CT molecular complexity index is 305. The predicted molar refractivity (Wildman–Crippen MR) is 52.7 cm³/mol. The van der Waals surface area contributed by atoms with E-state index < -0.39 is 8.80 Å². The van der Waals surface area contributed by atoms with E-state index in [-0.39, 0.29) is 5.19 Å². The minimum atomic E-state index is -4.12. The molecule has 0 heterocycles. The Kier molecular flexibility index (Phi) is 2.58. The van der Waals surface area contributed by atoms with Crippen molar-refractivity contribution in [2.75, 3.05) is 0 Å². The van der Waals surface area contributed by atoms with Gasteiger partial charge in [-0.2, -0.15) is 0 Å². The Morgan fingerprint density at radius 1 is 0.923 bits per heavy atom. The smallest absolute Gasteiger partial charge is 0.386 e. The summed E-state index contributed by atoms with van der Waals surface area (Å²) in [6, 6.07) is 3.24. The Labute approximate surface area is 78.7 Å². The molecule has 0 aromatic heterocycles. The van der Waals surface area contributed by atoms with E-state index in [2.05, 4.69) is 0 Å². The summed E-state index contributed by atoms with van der Waals surface area (Å²) in [5.41, 5.74) is 3.04. The van der Waals surface area contributed by atoms with Crippen LogP contribution in [0.5, 0.6) is 0 Å². The van der Waals surface area contributed by atoms with Crippen LogP contribution in [-0.4, -0.2) is 23.2 Å². The summed E-state index contributed by atoms with van der Waals surface area (Å²) in [4.78, 5) is 27.2. The number of hydrogen-bond acceptors (Lipinski definition) is 3. The molecule has 1 rings (SSSR count). The van der Waals surface area contributed by atoms with Crippen LogP contribution in [0.25, 0.3) is 0 Å². The molecule has 0 unspecified atom stereocenters. The zero-order chi connectivity index (χ0) is 10.2. The molecule has 0 aliphatic carbocycles. The molecule has 4 heteroatoms. The highest BCUT2D eigenvalue weighted by Gasteiger charge is 2.30. The van der Waals surface area contributed by atoms with Gasteiger partial charge in [0.1, 0.15) is 0 Å². The molecule has 0 fully saturated rings. The van der Waals surface area contributed by atoms with Crippen molar-refractivity contribution < 1.29 is 14.4 Å². The average Bonchev–Trinajstić information content (AvgIpc) is 1.97. The Morgan fingerprint density at radius 2 is 1.31 bits per heavy atom. The van der Waals surface area contributed by atoms with Gasteiger partial charge in [0.2, 0.25) is 0 Å². The Balaban J connectivity index is 3.29. The average molecular weight is 198 g/mol. The molecule has 0 aliphatic rings. The van der Waals surface area contributed by atoms with E-state index in [4.69, 9.17) is 14.4 Å². The van der Waals surface area contributed by atoms with Gasteiger partial charge < -0.3 is 14.4 Å². The van der Waals surface area contributed by atoms with Gasteiger partial charge in [-0.15, -0.1) is 0 Å². The summed E-state index contributed by atoms with van der Waals surface area (Å²) in [7, 11) is -4.12. The van der Waals surface area contributed by atoms with Gasteiger partial charge in [-0.3, -0.25) is 0 Å². The molecule has 3 N–H and O–H groups in total. The minimum absolute atomic E-state index is 0.244. The van der Waals surface area contributed by atoms with Crippen molar-refractivity contribution in [3.63, 3.8) is 0 Å². The van der Waals surface area contributed by atoms with Gasteiger partial charge in [0.25, 0.3) is 0 Å². The first-order chi connectivity index (χ1) is 5.82. The minimum Gasteiger partial charge on any atom is -0.386 e. The van der Waals surface area contributed by atoms with E-state index in [0.717, 1.165) is 16.7 Å². The molecule has 0 radical (unpaired) electrons. The summed E-state index contributed by atoms with van der Waals surface area (Å²) < 4.78 is 0. The molecule has 1 aromatic carbocycles. The van der Waals surface area contributed by atoms with Gasteiger partial charge in [0.15, 0.2) is 0 Å². The fraction of sp³-hybridized carbons (Fsp3) is 0.333. The molecule has 0 saturated carbocycles. The van der Waals surface area contributed by atoms with Gasteiger partial charge in [0, 0.05) is 5.19 Å². The number of benzene rings is 1. The van der Waals surface area contributed by atoms with Gasteiger partial charge >= 0.3 is 8.80 Å². The van der Waals surface area contributed by atoms with Crippen molar-refractivity contribution in [1.82, 2.24) is 0 Å². The Hall–Kier alpha value is -0.683. The zero-order valence-corrected chi connectivity index (χ0v) is 9.00. The Morgan fingerprint density at radius 3 is 1.62 bits per heavy atom. The lowest BCUT2D eigenvalue weighted by Gasteiger charge is -2.13. The fourth-order valence-electron chi connectivity index (χ4n) is 1.23. The fourth-order valence-corrected chi connectivity index (χ4v) is 2.05. The first kappa shape index (κ1) is 10.4. The highest BCUT2D eigenvalue weighted by molar-refractivity contribution is 6.71. The topological polar surface area (TPSA) is 60.7 Å². The van der Waals surface area contributed by atoms with Crippen LogP contribution < -0.4 is 5.19 Å². The summed E-state index contributed by atoms with van der Waals surface area (Å²) in [5.74, 6) is 0. The number of aryl methyl sites for hydroxylation is 2. The quantitative estimate of drug-likeness (QED) is 0.545. The molecule has 0 spiro atoms. The van der Waals surface area contributed by atoms with Gasteiger partial charge in [-0.05, 0) is 37.5 Å². The first-order valence-corrected chi connectivity index (χ1v) is 5.92. The monoisotopic (exact) mass is 198 g/mol. The zero-order valence-electron chi connectivity index (χ0n) is 8.00.